The number of amides is 1. The van der Waals surface area contributed by atoms with Crippen LogP contribution in [0.5, 0.6) is 0 Å². The smallest absolute Gasteiger partial charge is 0.254 e. The standard InChI is InChI=1S/C20H23N5O/c1-20(2)11-25(17(20)18-21-7-8-24(18)10-13-3-4-13)19(26)14-5-6-15-16(9-14)23-12-22-15/h5-9,12-13,17H,3-4,10-11H2,1-2H3,(H,22,23). The van der Waals surface area contributed by atoms with Crippen molar-refractivity contribution >= 4 is 16.9 Å². The van der Waals surface area contributed by atoms with Gasteiger partial charge in [-0.1, -0.05) is 13.8 Å². The zero-order valence-corrected chi connectivity index (χ0v) is 15.1. The van der Waals surface area contributed by atoms with Crippen molar-refractivity contribution in [3.63, 3.8) is 0 Å². The summed E-state index contributed by atoms with van der Waals surface area (Å²) in [5.41, 5.74) is 2.49. The van der Waals surface area contributed by atoms with Crippen molar-refractivity contribution in [3.8, 4) is 0 Å². The number of H-pyrrole nitrogens is 1. The molecule has 5 rings (SSSR count). The average Bonchev–Trinajstić information content (AvgIpc) is 3.12. The lowest BCUT2D eigenvalue weighted by molar-refractivity contribution is -0.0379. The fourth-order valence-corrected chi connectivity index (χ4v) is 4.14. The van der Waals surface area contributed by atoms with E-state index in [1.807, 2.05) is 29.3 Å². The van der Waals surface area contributed by atoms with Crippen molar-refractivity contribution in [2.24, 2.45) is 11.3 Å². The number of carbonyl (C=O) groups excluding carboxylic acids is 1. The summed E-state index contributed by atoms with van der Waals surface area (Å²) in [6.45, 7) is 6.20. The Balaban J connectivity index is 1.46. The lowest BCUT2D eigenvalue weighted by atomic mass is 9.74. The molecule has 1 saturated carbocycles. The molecule has 1 aliphatic carbocycles. The number of likely N-dealkylation sites (tertiary alicyclic amines) is 1. The van der Waals surface area contributed by atoms with Crippen molar-refractivity contribution in [1.29, 1.82) is 0 Å². The highest BCUT2D eigenvalue weighted by Gasteiger charge is 2.51. The third-order valence-corrected chi connectivity index (χ3v) is 5.70. The number of carbonyl (C=O) groups is 1. The van der Waals surface area contributed by atoms with Crippen LogP contribution in [-0.2, 0) is 6.54 Å². The Labute approximate surface area is 152 Å². The minimum atomic E-state index is 0.0150. The molecule has 1 atom stereocenters. The van der Waals surface area contributed by atoms with Gasteiger partial charge in [-0.2, -0.15) is 0 Å². The lowest BCUT2D eigenvalue weighted by Gasteiger charge is -2.53. The summed E-state index contributed by atoms with van der Waals surface area (Å²) in [5.74, 6) is 1.86. The Morgan fingerprint density at radius 3 is 2.92 bits per heavy atom. The fraction of sp³-hybridized carbons (Fsp3) is 0.450. The number of hydrogen-bond acceptors (Lipinski definition) is 3. The maximum absolute atomic E-state index is 13.2. The van der Waals surface area contributed by atoms with Crippen LogP contribution in [0.25, 0.3) is 11.0 Å². The van der Waals surface area contributed by atoms with E-state index in [0.29, 0.717) is 5.56 Å². The van der Waals surface area contributed by atoms with Crippen LogP contribution in [-0.4, -0.2) is 36.9 Å². The minimum absolute atomic E-state index is 0.0150. The number of benzene rings is 1. The summed E-state index contributed by atoms with van der Waals surface area (Å²) >= 11 is 0. The summed E-state index contributed by atoms with van der Waals surface area (Å²) in [6.07, 6.45) is 8.19. The number of imidazole rings is 2. The van der Waals surface area contributed by atoms with Crippen molar-refractivity contribution in [2.75, 3.05) is 6.54 Å². The molecule has 2 fully saturated rings. The highest BCUT2D eigenvalue weighted by molar-refractivity contribution is 5.98. The number of hydrogen-bond donors (Lipinski definition) is 1. The monoisotopic (exact) mass is 349 g/mol. The quantitative estimate of drug-likeness (QED) is 0.785. The van der Waals surface area contributed by atoms with E-state index in [1.165, 1.54) is 12.8 Å². The highest BCUT2D eigenvalue weighted by Crippen LogP contribution is 2.48. The molecule has 0 spiro atoms. The summed E-state index contributed by atoms with van der Waals surface area (Å²) in [7, 11) is 0. The maximum atomic E-state index is 13.2. The topological polar surface area (TPSA) is 66.8 Å². The van der Waals surface area contributed by atoms with Gasteiger partial charge in [-0.05, 0) is 37.0 Å². The number of fused-ring (bicyclic) bond motifs is 1. The van der Waals surface area contributed by atoms with Crippen LogP contribution >= 0.6 is 0 Å². The Morgan fingerprint density at radius 1 is 1.31 bits per heavy atom. The molecule has 6 nitrogen and oxygen atoms in total. The fourth-order valence-electron chi connectivity index (χ4n) is 4.14. The molecule has 6 heteroatoms. The van der Waals surface area contributed by atoms with Crippen LogP contribution in [0.3, 0.4) is 0 Å². The van der Waals surface area contributed by atoms with E-state index < -0.39 is 0 Å². The molecule has 1 aliphatic heterocycles. The first-order chi connectivity index (χ1) is 12.5. The Hall–Kier alpha value is -2.63. The van der Waals surface area contributed by atoms with Crippen molar-refractivity contribution in [1.82, 2.24) is 24.4 Å². The summed E-state index contributed by atoms with van der Waals surface area (Å²) in [6, 6.07) is 5.67. The van der Waals surface area contributed by atoms with Crippen LogP contribution < -0.4 is 0 Å². The summed E-state index contributed by atoms with van der Waals surface area (Å²) in [5, 5.41) is 0. The van der Waals surface area contributed by atoms with Gasteiger partial charge in [0.25, 0.3) is 5.91 Å². The molecule has 3 aromatic rings. The second-order valence-electron chi connectivity index (χ2n) is 8.34. The number of aromatic nitrogens is 4. The zero-order valence-electron chi connectivity index (χ0n) is 15.1. The SMILES string of the molecule is CC1(C)CN(C(=O)c2ccc3nc[nH]c3c2)C1c1nccn1CC1CC1. The third kappa shape index (κ3) is 2.43. The Bertz CT molecular complexity index is 981. The maximum Gasteiger partial charge on any atom is 0.254 e. The first-order valence-electron chi connectivity index (χ1n) is 9.28. The number of rotatable bonds is 4. The number of nitrogens with one attached hydrogen (secondary N) is 1. The van der Waals surface area contributed by atoms with E-state index in [1.54, 1.807) is 6.33 Å². The molecule has 1 N–H and O–H groups in total. The van der Waals surface area contributed by atoms with E-state index in [9.17, 15) is 4.79 Å². The molecular formula is C20H23N5O. The van der Waals surface area contributed by atoms with Crippen LogP contribution in [0, 0.1) is 11.3 Å². The van der Waals surface area contributed by atoms with Crippen molar-refractivity contribution in [3.05, 3.63) is 48.3 Å². The molecule has 1 unspecified atom stereocenters. The first-order valence-corrected chi connectivity index (χ1v) is 9.28. The van der Waals surface area contributed by atoms with Gasteiger partial charge in [-0.25, -0.2) is 9.97 Å². The molecule has 1 aromatic carbocycles. The molecule has 2 aliphatic rings. The normalized spacial score (nSPS) is 21.8. The van der Waals surface area contributed by atoms with Gasteiger partial charge < -0.3 is 14.5 Å². The molecule has 1 amide bonds. The van der Waals surface area contributed by atoms with Crippen LogP contribution in [0.15, 0.2) is 36.9 Å². The van der Waals surface area contributed by atoms with Gasteiger partial charge in [0.1, 0.15) is 5.82 Å². The van der Waals surface area contributed by atoms with Gasteiger partial charge in [0.15, 0.2) is 0 Å². The van der Waals surface area contributed by atoms with Gasteiger partial charge in [0.2, 0.25) is 0 Å². The van der Waals surface area contributed by atoms with Crippen molar-refractivity contribution < 1.29 is 4.79 Å². The molecule has 2 aromatic heterocycles. The largest absolute Gasteiger partial charge is 0.345 e. The average molecular weight is 349 g/mol. The first kappa shape index (κ1) is 15.6. The highest BCUT2D eigenvalue weighted by atomic mass is 16.2. The molecule has 26 heavy (non-hydrogen) atoms. The minimum Gasteiger partial charge on any atom is -0.345 e. The molecular weight excluding hydrogens is 326 g/mol. The molecule has 1 saturated heterocycles. The zero-order chi connectivity index (χ0) is 17.9. The van der Waals surface area contributed by atoms with E-state index in [4.69, 9.17) is 0 Å². The van der Waals surface area contributed by atoms with Gasteiger partial charge in [0, 0.05) is 36.5 Å². The van der Waals surface area contributed by atoms with Gasteiger partial charge in [0.05, 0.1) is 23.4 Å². The second-order valence-corrected chi connectivity index (χ2v) is 8.34. The lowest BCUT2D eigenvalue weighted by Crippen LogP contribution is -2.58. The second kappa shape index (κ2) is 5.43. The summed E-state index contributed by atoms with van der Waals surface area (Å²) in [4.78, 5) is 27.1. The van der Waals surface area contributed by atoms with E-state index in [0.717, 1.165) is 35.9 Å². The summed E-state index contributed by atoms with van der Waals surface area (Å²) < 4.78 is 2.25. The molecule has 0 bridgehead atoms. The van der Waals surface area contributed by atoms with Crippen molar-refractivity contribution in [2.45, 2.75) is 39.3 Å². The molecule has 3 heterocycles. The van der Waals surface area contributed by atoms with Crippen LogP contribution in [0.4, 0.5) is 0 Å². The molecule has 0 radical (unpaired) electrons. The van der Waals surface area contributed by atoms with E-state index >= 15 is 0 Å². The predicted octanol–water partition coefficient (Wildman–Crippen LogP) is 3.39. The van der Waals surface area contributed by atoms with Gasteiger partial charge in [-0.3, -0.25) is 4.79 Å². The van der Waals surface area contributed by atoms with Gasteiger partial charge in [-0.15, -0.1) is 0 Å². The molecule has 134 valence electrons. The Morgan fingerprint density at radius 2 is 2.15 bits per heavy atom. The van der Waals surface area contributed by atoms with E-state index in [-0.39, 0.29) is 17.4 Å². The third-order valence-electron chi connectivity index (χ3n) is 5.70. The number of aromatic amines is 1. The van der Waals surface area contributed by atoms with Crippen LogP contribution in [0.2, 0.25) is 0 Å². The van der Waals surface area contributed by atoms with Gasteiger partial charge >= 0.3 is 0 Å². The van der Waals surface area contributed by atoms with Crippen LogP contribution in [0.1, 0.15) is 48.9 Å². The Kier molecular flexibility index (Phi) is 3.26. The predicted molar refractivity (Wildman–Crippen MR) is 98.6 cm³/mol. The number of nitrogens with zero attached hydrogens (tertiary/aromatic N) is 4. The van der Waals surface area contributed by atoms with E-state index in [2.05, 4.69) is 39.6 Å².